The molecule has 1 N–H and O–H groups in total. The Bertz CT molecular complexity index is 139. The minimum Gasteiger partial charge on any atom is -0.327 e. The maximum atomic E-state index is 10.6. The Kier molecular flexibility index (Phi) is 4.69. The van der Waals surface area contributed by atoms with Crippen LogP contribution in [0.25, 0.3) is 0 Å². The summed E-state index contributed by atoms with van der Waals surface area (Å²) in [6.45, 7) is 3.30. The molecule has 0 saturated carbocycles. The zero-order valence-electron chi connectivity index (χ0n) is 4.40. The van der Waals surface area contributed by atoms with Gasteiger partial charge in [0.05, 0.1) is 4.91 Å². The Morgan fingerprint density at radius 2 is 2.33 bits per heavy atom. The highest BCUT2D eigenvalue weighted by atomic mass is 127. The van der Waals surface area contributed by atoms with Crippen molar-refractivity contribution < 1.29 is 4.79 Å². The lowest BCUT2D eigenvalue weighted by Crippen LogP contribution is -2.26. The third kappa shape index (κ3) is 5.05. The SMILES string of the molecule is C=C(S)C(=O)NC(Cl)I. The fourth-order valence-corrected chi connectivity index (χ4v) is 0.629. The number of rotatable bonds is 2. The molecule has 0 aromatic heterocycles. The lowest BCUT2D eigenvalue weighted by Gasteiger charge is -2.02. The van der Waals surface area contributed by atoms with Gasteiger partial charge in [-0.15, -0.1) is 12.6 Å². The summed E-state index contributed by atoms with van der Waals surface area (Å²) >= 11 is 10.9. The van der Waals surface area contributed by atoms with Gasteiger partial charge in [-0.1, -0.05) is 18.2 Å². The van der Waals surface area contributed by atoms with Crippen molar-refractivity contribution in [3.8, 4) is 0 Å². The van der Waals surface area contributed by atoms with E-state index < -0.39 is 3.51 Å². The molecule has 0 spiro atoms. The molecule has 5 heteroatoms. The molecule has 0 aliphatic carbocycles. The van der Waals surface area contributed by atoms with Crippen LogP contribution in [-0.4, -0.2) is 9.41 Å². The smallest absolute Gasteiger partial charge is 0.258 e. The molecule has 2 nitrogen and oxygen atoms in total. The summed E-state index contributed by atoms with van der Waals surface area (Å²) in [5.74, 6) is -0.340. The molecule has 0 aliphatic rings. The van der Waals surface area contributed by atoms with Crippen LogP contribution in [0.5, 0.6) is 0 Å². The van der Waals surface area contributed by atoms with Crippen LogP contribution >= 0.6 is 46.8 Å². The topological polar surface area (TPSA) is 29.1 Å². The molecule has 9 heavy (non-hydrogen) atoms. The quantitative estimate of drug-likeness (QED) is 0.259. The summed E-state index contributed by atoms with van der Waals surface area (Å²) in [5.41, 5.74) is 0. The largest absolute Gasteiger partial charge is 0.327 e. The van der Waals surface area contributed by atoms with E-state index in [0.29, 0.717) is 0 Å². The van der Waals surface area contributed by atoms with Crippen molar-refractivity contribution in [2.45, 2.75) is 3.51 Å². The monoisotopic (exact) mass is 277 g/mol. The van der Waals surface area contributed by atoms with E-state index in [9.17, 15) is 4.79 Å². The first-order valence-corrected chi connectivity index (χ1v) is 4.14. The molecule has 0 bridgehead atoms. The van der Waals surface area contributed by atoms with Crippen molar-refractivity contribution in [1.82, 2.24) is 5.32 Å². The summed E-state index contributed by atoms with van der Waals surface area (Å²) in [7, 11) is 0. The van der Waals surface area contributed by atoms with Gasteiger partial charge in [0.1, 0.15) is 0 Å². The van der Waals surface area contributed by atoms with Crippen LogP contribution < -0.4 is 5.32 Å². The Morgan fingerprint density at radius 1 is 1.89 bits per heavy atom. The fourth-order valence-electron chi connectivity index (χ4n) is 0.182. The second kappa shape index (κ2) is 4.40. The second-order valence-electron chi connectivity index (χ2n) is 1.22. The summed E-state index contributed by atoms with van der Waals surface area (Å²) in [6, 6.07) is 0. The predicted octanol–water partition coefficient (Wildman–Crippen LogP) is 1.50. The van der Waals surface area contributed by atoms with Crippen LogP contribution in [-0.2, 0) is 4.79 Å². The third-order valence-electron chi connectivity index (χ3n) is 0.502. The van der Waals surface area contributed by atoms with Crippen LogP contribution in [0.3, 0.4) is 0 Å². The van der Waals surface area contributed by atoms with Crippen molar-refractivity contribution in [3.63, 3.8) is 0 Å². The van der Waals surface area contributed by atoms with Crippen molar-refractivity contribution in [3.05, 3.63) is 11.5 Å². The van der Waals surface area contributed by atoms with Gasteiger partial charge in [0.15, 0.2) is 3.51 Å². The Labute approximate surface area is 77.6 Å². The summed E-state index contributed by atoms with van der Waals surface area (Å²) < 4.78 is -0.404. The first-order valence-electron chi connectivity index (χ1n) is 2.01. The number of amides is 1. The van der Waals surface area contributed by atoms with E-state index in [-0.39, 0.29) is 10.8 Å². The van der Waals surface area contributed by atoms with Gasteiger partial charge in [-0.05, 0) is 22.6 Å². The van der Waals surface area contributed by atoms with Crippen LogP contribution in [0.2, 0.25) is 0 Å². The highest BCUT2D eigenvalue weighted by Gasteiger charge is 2.04. The van der Waals surface area contributed by atoms with Gasteiger partial charge in [-0.3, -0.25) is 4.79 Å². The molecule has 1 unspecified atom stereocenters. The molecule has 0 aliphatic heterocycles. The highest BCUT2D eigenvalue weighted by molar-refractivity contribution is 14.1. The summed E-state index contributed by atoms with van der Waals surface area (Å²) in [4.78, 5) is 10.7. The zero-order chi connectivity index (χ0) is 7.44. The average molecular weight is 278 g/mol. The Hall–Kier alpha value is 0.580. The molecule has 0 fully saturated rings. The van der Waals surface area contributed by atoms with E-state index in [4.69, 9.17) is 11.6 Å². The maximum absolute atomic E-state index is 10.6. The molecule has 0 rings (SSSR count). The number of hydrogen-bond acceptors (Lipinski definition) is 2. The maximum Gasteiger partial charge on any atom is 0.258 e. The fraction of sp³-hybridized carbons (Fsp3) is 0.250. The number of nitrogens with one attached hydrogen (secondary N) is 1. The molecule has 1 atom stereocenters. The minimum atomic E-state index is -0.404. The van der Waals surface area contributed by atoms with Gasteiger partial charge in [0, 0.05) is 0 Å². The standard InChI is InChI=1S/C4H5ClINOS/c1-2(9)3(8)7-4(5)6/h4,9H,1H2,(H,7,8). The molecule has 1 amide bonds. The van der Waals surface area contributed by atoms with Gasteiger partial charge in [0.2, 0.25) is 0 Å². The van der Waals surface area contributed by atoms with E-state index >= 15 is 0 Å². The molecule has 0 saturated heterocycles. The first kappa shape index (κ1) is 9.58. The van der Waals surface area contributed by atoms with Crippen LogP contribution in [0.1, 0.15) is 0 Å². The van der Waals surface area contributed by atoms with Crippen LogP contribution in [0, 0.1) is 0 Å². The van der Waals surface area contributed by atoms with Crippen molar-refractivity contribution >= 4 is 52.7 Å². The van der Waals surface area contributed by atoms with Gasteiger partial charge < -0.3 is 5.32 Å². The number of carbonyl (C=O) groups is 1. The Morgan fingerprint density at radius 3 is 2.44 bits per heavy atom. The Balaban J connectivity index is 3.65. The number of hydrogen-bond donors (Lipinski definition) is 2. The van der Waals surface area contributed by atoms with Gasteiger partial charge in [-0.2, -0.15) is 0 Å². The van der Waals surface area contributed by atoms with Gasteiger partial charge in [0.25, 0.3) is 5.91 Å². The summed E-state index contributed by atoms with van der Waals surface area (Å²) in [5, 5.41) is 2.38. The second-order valence-corrected chi connectivity index (χ2v) is 4.18. The molecular formula is C4H5ClINOS. The molecule has 0 aromatic rings. The van der Waals surface area contributed by atoms with E-state index in [1.165, 1.54) is 0 Å². The molecule has 0 heterocycles. The highest BCUT2D eigenvalue weighted by Crippen LogP contribution is 2.03. The zero-order valence-corrected chi connectivity index (χ0v) is 8.20. The summed E-state index contributed by atoms with van der Waals surface area (Å²) in [6.07, 6.45) is 0. The molecule has 52 valence electrons. The minimum absolute atomic E-state index is 0.164. The molecule has 0 aromatic carbocycles. The third-order valence-corrected chi connectivity index (χ3v) is 1.13. The average Bonchev–Trinajstić information content (AvgIpc) is 1.63. The van der Waals surface area contributed by atoms with Gasteiger partial charge in [-0.25, -0.2) is 0 Å². The normalized spacial score (nSPS) is 12.3. The number of thiol groups is 1. The van der Waals surface area contributed by atoms with Crippen molar-refractivity contribution in [1.29, 1.82) is 0 Å². The molecule has 0 radical (unpaired) electrons. The number of halogens is 2. The molecular weight excluding hydrogens is 272 g/mol. The predicted molar refractivity (Wildman–Crippen MR) is 49.9 cm³/mol. The van der Waals surface area contributed by atoms with Crippen molar-refractivity contribution in [2.24, 2.45) is 0 Å². The van der Waals surface area contributed by atoms with E-state index in [2.05, 4.69) is 24.5 Å². The van der Waals surface area contributed by atoms with E-state index in [1.54, 1.807) is 0 Å². The lowest BCUT2D eigenvalue weighted by atomic mass is 10.6. The van der Waals surface area contributed by atoms with Crippen LogP contribution in [0.4, 0.5) is 0 Å². The van der Waals surface area contributed by atoms with E-state index in [0.717, 1.165) is 0 Å². The van der Waals surface area contributed by atoms with Crippen LogP contribution in [0.15, 0.2) is 11.5 Å². The van der Waals surface area contributed by atoms with Crippen molar-refractivity contribution in [2.75, 3.05) is 0 Å². The number of carbonyl (C=O) groups excluding carboxylic acids is 1. The number of alkyl halides is 2. The first-order chi connectivity index (χ1) is 4.04. The van der Waals surface area contributed by atoms with E-state index in [1.807, 2.05) is 22.6 Å². The van der Waals surface area contributed by atoms with Gasteiger partial charge >= 0.3 is 0 Å². The lowest BCUT2D eigenvalue weighted by molar-refractivity contribution is -0.116.